The second kappa shape index (κ2) is 11.7. The first-order chi connectivity index (χ1) is 13.8. The molecule has 2 nitrogen and oxygen atoms in total. The maximum atomic E-state index is 6.40. The lowest BCUT2D eigenvalue weighted by molar-refractivity contribution is 0.375. The molecule has 1 aromatic rings. The van der Waals surface area contributed by atoms with E-state index in [-0.39, 0.29) is 0 Å². The van der Waals surface area contributed by atoms with Gasteiger partial charge in [-0.15, -0.1) is 13.2 Å². The summed E-state index contributed by atoms with van der Waals surface area (Å²) < 4.78 is 12.8. The fourth-order valence-corrected chi connectivity index (χ4v) is 8.88. The lowest BCUT2D eigenvalue weighted by atomic mass is 9.91. The van der Waals surface area contributed by atoms with E-state index in [4.69, 9.17) is 8.85 Å². The van der Waals surface area contributed by atoms with E-state index < -0.39 is 18.1 Å². The number of hydrogen-bond acceptors (Lipinski definition) is 2. The van der Waals surface area contributed by atoms with Gasteiger partial charge in [0.1, 0.15) is 11.5 Å². The molecule has 2 unspecified atom stereocenters. The number of rotatable bonds is 10. The van der Waals surface area contributed by atoms with Crippen LogP contribution in [0.25, 0.3) is 0 Å². The third-order valence-electron chi connectivity index (χ3n) is 6.49. The summed E-state index contributed by atoms with van der Waals surface area (Å²) in [6, 6.07) is 10.7. The summed E-state index contributed by atoms with van der Waals surface area (Å²) in [7, 11) is -2.81. The highest BCUT2D eigenvalue weighted by Crippen LogP contribution is 2.31. The van der Waals surface area contributed by atoms with Gasteiger partial charge in [-0.25, -0.2) is 0 Å². The van der Waals surface area contributed by atoms with E-state index >= 15 is 0 Å². The number of hydrogen-bond donors (Lipinski definition) is 0. The maximum Gasteiger partial charge on any atom is 0.259 e. The van der Waals surface area contributed by atoms with E-state index in [2.05, 4.69) is 48.8 Å². The van der Waals surface area contributed by atoms with Crippen LogP contribution in [0.1, 0.15) is 64.2 Å². The Bertz CT molecular complexity index is 557. The average Bonchev–Trinajstić information content (AvgIpc) is 2.74. The average molecular weight is 415 g/mol. The molecule has 2 aliphatic carbocycles. The first-order valence-electron chi connectivity index (χ1n) is 11.5. The Labute approximate surface area is 175 Å². The molecule has 0 spiro atoms. The molecule has 4 heteroatoms. The van der Waals surface area contributed by atoms with Crippen LogP contribution in [-0.4, -0.2) is 18.1 Å². The first kappa shape index (κ1) is 21.4. The largest absolute Gasteiger partial charge is 0.542 e. The van der Waals surface area contributed by atoms with E-state index in [1.54, 1.807) is 0 Å². The van der Waals surface area contributed by atoms with Crippen LogP contribution in [0.15, 0.2) is 48.8 Å². The highest BCUT2D eigenvalue weighted by molar-refractivity contribution is 6.58. The van der Waals surface area contributed by atoms with Crippen molar-refractivity contribution in [2.45, 2.75) is 76.3 Å². The smallest absolute Gasteiger partial charge is 0.259 e. The molecule has 0 saturated heterocycles. The molecule has 3 rings (SSSR count). The fraction of sp³-hybridized carbons (Fsp3) is 0.583. The van der Waals surface area contributed by atoms with Gasteiger partial charge in [0.2, 0.25) is 0 Å². The van der Waals surface area contributed by atoms with Gasteiger partial charge in [0.05, 0.1) is 0 Å². The van der Waals surface area contributed by atoms with Crippen LogP contribution in [0.5, 0.6) is 11.5 Å². The van der Waals surface area contributed by atoms with Crippen molar-refractivity contribution in [3.05, 3.63) is 48.8 Å². The fourth-order valence-electron chi connectivity index (χ4n) is 4.86. The Morgan fingerprint density at radius 1 is 0.750 bits per heavy atom. The molecule has 0 N–H and O–H groups in total. The molecular formula is C24H38O2Si2. The van der Waals surface area contributed by atoms with Crippen molar-refractivity contribution in [2.75, 3.05) is 0 Å². The highest BCUT2D eigenvalue weighted by atomic mass is 28.3. The Hall–Kier alpha value is -1.27. The summed E-state index contributed by atoms with van der Waals surface area (Å²) >= 11 is 0. The normalized spacial score (nSPS) is 20.9. The molecule has 2 saturated carbocycles. The second-order valence-electron chi connectivity index (χ2n) is 8.74. The van der Waals surface area contributed by atoms with Crippen LogP contribution in [0.2, 0.25) is 12.1 Å². The van der Waals surface area contributed by atoms with Crippen molar-refractivity contribution < 1.29 is 8.85 Å². The SMILES string of the molecule is C=C[SiH](CC1CCCCC1)Oc1cccc(O[SiH](C=C)CC2CCCCC2)c1. The molecule has 0 bridgehead atoms. The molecule has 2 fully saturated rings. The lowest BCUT2D eigenvalue weighted by Crippen LogP contribution is -2.25. The Morgan fingerprint density at radius 3 is 1.57 bits per heavy atom. The molecule has 0 amide bonds. The molecule has 28 heavy (non-hydrogen) atoms. The van der Waals surface area contributed by atoms with Gasteiger partial charge in [0.15, 0.2) is 0 Å². The summed E-state index contributed by atoms with van der Waals surface area (Å²) in [5.74, 6) is 3.60. The molecule has 1 aromatic carbocycles. The summed E-state index contributed by atoms with van der Waals surface area (Å²) in [4.78, 5) is 0. The summed E-state index contributed by atoms with van der Waals surface area (Å²) in [5, 5.41) is 0. The van der Waals surface area contributed by atoms with Crippen molar-refractivity contribution in [2.24, 2.45) is 11.8 Å². The maximum absolute atomic E-state index is 6.40. The van der Waals surface area contributed by atoms with Gasteiger partial charge in [-0.05, 0) is 36.1 Å². The Kier molecular flexibility index (Phi) is 8.93. The summed E-state index contributed by atoms with van der Waals surface area (Å²) in [5.41, 5.74) is 4.21. The molecule has 0 aliphatic heterocycles. The van der Waals surface area contributed by atoms with E-state index in [1.165, 1.54) is 76.3 Å². The minimum Gasteiger partial charge on any atom is -0.542 e. The van der Waals surface area contributed by atoms with Crippen LogP contribution in [0.3, 0.4) is 0 Å². The van der Waals surface area contributed by atoms with E-state index in [1.807, 2.05) is 0 Å². The zero-order valence-electron chi connectivity index (χ0n) is 17.5. The van der Waals surface area contributed by atoms with Gasteiger partial charge < -0.3 is 8.85 Å². The number of benzene rings is 1. The zero-order chi connectivity index (χ0) is 19.6. The Balaban J connectivity index is 1.54. The minimum absolute atomic E-state index is 0.843. The molecule has 0 radical (unpaired) electrons. The Morgan fingerprint density at radius 2 is 1.18 bits per heavy atom. The van der Waals surface area contributed by atoms with Gasteiger partial charge in [-0.2, -0.15) is 0 Å². The van der Waals surface area contributed by atoms with Crippen LogP contribution in [0.4, 0.5) is 0 Å². The predicted octanol–water partition coefficient (Wildman–Crippen LogP) is 6.50. The molecule has 0 aromatic heterocycles. The third-order valence-corrected chi connectivity index (χ3v) is 11.0. The van der Waals surface area contributed by atoms with Crippen LogP contribution in [-0.2, 0) is 0 Å². The third kappa shape index (κ3) is 6.96. The second-order valence-corrected chi connectivity index (χ2v) is 13.2. The molecule has 154 valence electrons. The predicted molar refractivity (Wildman–Crippen MR) is 125 cm³/mol. The van der Waals surface area contributed by atoms with E-state index in [0.29, 0.717) is 0 Å². The summed E-state index contributed by atoms with van der Waals surface area (Å²) in [6.07, 6.45) is 13.9. The van der Waals surface area contributed by atoms with Crippen molar-refractivity contribution >= 4 is 18.1 Å². The standard InChI is InChI=1S/C24H38O2Si2/c1-3-27(19-21-12-7-5-8-13-21)25-23-16-11-17-24(18-23)26-28(4-2)20-22-14-9-6-10-15-22/h3-4,11,16-18,21-22,27-28H,1-2,5-10,12-15,19-20H2. The molecular weight excluding hydrogens is 376 g/mol. The lowest BCUT2D eigenvalue weighted by Gasteiger charge is -2.25. The zero-order valence-corrected chi connectivity index (χ0v) is 19.8. The minimum atomic E-state index is -1.41. The van der Waals surface area contributed by atoms with Gasteiger partial charge in [0, 0.05) is 6.07 Å². The van der Waals surface area contributed by atoms with Crippen molar-refractivity contribution in [3.63, 3.8) is 0 Å². The molecule has 2 atom stereocenters. The van der Waals surface area contributed by atoms with Crippen molar-refractivity contribution in [1.29, 1.82) is 0 Å². The van der Waals surface area contributed by atoms with E-state index in [0.717, 1.165) is 23.3 Å². The van der Waals surface area contributed by atoms with Crippen molar-refractivity contribution in [1.82, 2.24) is 0 Å². The van der Waals surface area contributed by atoms with E-state index in [9.17, 15) is 0 Å². The van der Waals surface area contributed by atoms with Crippen LogP contribution in [0, 0.1) is 11.8 Å². The van der Waals surface area contributed by atoms with Gasteiger partial charge >= 0.3 is 0 Å². The first-order valence-corrected chi connectivity index (χ1v) is 15.4. The topological polar surface area (TPSA) is 18.5 Å². The van der Waals surface area contributed by atoms with Crippen LogP contribution < -0.4 is 8.85 Å². The van der Waals surface area contributed by atoms with Crippen LogP contribution >= 0.6 is 0 Å². The van der Waals surface area contributed by atoms with Gasteiger partial charge in [0.25, 0.3) is 18.1 Å². The quantitative estimate of drug-likeness (QED) is 0.407. The van der Waals surface area contributed by atoms with Crippen molar-refractivity contribution in [3.8, 4) is 11.5 Å². The van der Waals surface area contributed by atoms with Gasteiger partial charge in [-0.3, -0.25) is 0 Å². The molecule has 2 aliphatic rings. The molecule has 0 heterocycles. The highest BCUT2D eigenvalue weighted by Gasteiger charge is 2.22. The summed E-state index contributed by atoms with van der Waals surface area (Å²) in [6.45, 7) is 8.14. The van der Waals surface area contributed by atoms with Gasteiger partial charge in [-0.1, -0.05) is 81.7 Å². The monoisotopic (exact) mass is 414 g/mol.